The molecule has 0 bridgehead atoms. The average Bonchev–Trinajstić information content (AvgIpc) is 3.43. The first-order chi connectivity index (χ1) is 15.9. The maximum atomic E-state index is 12.3. The lowest BCUT2D eigenvalue weighted by atomic mass is 10.1. The number of halogens is 2. The second-order valence-electron chi connectivity index (χ2n) is 6.76. The Morgan fingerprint density at radius 2 is 1.85 bits per heavy atom. The van der Waals surface area contributed by atoms with Gasteiger partial charge in [0, 0.05) is 20.5 Å². The van der Waals surface area contributed by atoms with Crippen molar-refractivity contribution in [1.82, 2.24) is 14.8 Å². The molecule has 33 heavy (non-hydrogen) atoms. The van der Waals surface area contributed by atoms with E-state index in [1.165, 1.54) is 18.4 Å². The maximum absolute atomic E-state index is 12.3. The molecule has 2 heterocycles. The van der Waals surface area contributed by atoms with Crippen LogP contribution < -0.4 is 10.6 Å². The summed E-state index contributed by atoms with van der Waals surface area (Å²) in [5, 5.41) is 12.2. The van der Waals surface area contributed by atoms with Gasteiger partial charge in [-0.25, -0.2) is 14.5 Å². The summed E-state index contributed by atoms with van der Waals surface area (Å²) >= 11 is 19.3. The van der Waals surface area contributed by atoms with Crippen LogP contribution in [0.3, 0.4) is 0 Å². The monoisotopic (exact) mass is 517 g/mol. The number of anilines is 2. The van der Waals surface area contributed by atoms with Crippen LogP contribution in [-0.4, -0.2) is 33.0 Å². The molecule has 0 spiro atoms. The Hall–Kier alpha value is -2.98. The van der Waals surface area contributed by atoms with E-state index < -0.39 is 5.97 Å². The molecule has 2 N–H and O–H groups in total. The Morgan fingerprint density at radius 3 is 2.55 bits per heavy atom. The van der Waals surface area contributed by atoms with Gasteiger partial charge in [-0.2, -0.15) is 0 Å². The fraction of sp³-hybridized carbons (Fsp3) is 0.0909. The first-order valence-corrected chi connectivity index (χ1v) is 11.6. The van der Waals surface area contributed by atoms with Gasteiger partial charge in [0.15, 0.2) is 5.11 Å². The summed E-state index contributed by atoms with van der Waals surface area (Å²) in [7, 11) is 1.34. The van der Waals surface area contributed by atoms with E-state index in [0.717, 1.165) is 16.0 Å². The minimum atomic E-state index is -0.460. The average molecular weight is 518 g/mol. The van der Waals surface area contributed by atoms with Crippen LogP contribution in [0.4, 0.5) is 10.9 Å². The zero-order valence-electron chi connectivity index (χ0n) is 17.2. The van der Waals surface area contributed by atoms with E-state index in [2.05, 4.69) is 20.7 Å². The van der Waals surface area contributed by atoms with Crippen molar-refractivity contribution in [2.45, 2.75) is 6.54 Å². The van der Waals surface area contributed by atoms with E-state index in [0.29, 0.717) is 27.2 Å². The van der Waals surface area contributed by atoms with Crippen LogP contribution in [-0.2, 0) is 11.3 Å². The molecule has 0 amide bonds. The number of esters is 1. The summed E-state index contributed by atoms with van der Waals surface area (Å²) in [4.78, 5) is 17.4. The van der Waals surface area contributed by atoms with Gasteiger partial charge in [0.2, 0.25) is 5.95 Å². The predicted molar refractivity (Wildman–Crippen MR) is 137 cm³/mol. The largest absolute Gasteiger partial charge is 0.465 e. The normalized spacial score (nSPS) is 10.6. The zero-order valence-corrected chi connectivity index (χ0v) is 20.4. The molecular weight excluding hydrogens is 501 g/mol. The van der Waals surface area contributed by atoms with Crippen LogP contribution in [0, 0.1) is 0 Å². The second-order valence-corrected chi connectivity index (χ2v) is 9.03. The summed E-state index contributed by atoms with van der Waals surface area (Å²) in [5.74, 6) is -0.173. The van der Waals surface area contributed by atoms with Crippen LogP contribution >= 0.6 is 46.8 Å². The Kier molecular flexibility index (Phi) is 7.24. The highest BCUT2D eigenvalue weighted by atomic mass is 35.5. The van der Waals surface area contributed by atoms with Crippen molar-refractivity contribution in [2.75, 3.05) is 17.7 Å². The first kappa shape index (κ1) is 23.2. The van der Waals surface area contributed by atoms with Gasteiger partial charge in [0.1, 0.15) is 11.3 Å². The van der Waals surface area contributed by atoms with Crippen molar-refractivity contribution in [3.63, 3.8) is 0 Å². The molecule has 0 fully saturated rings. The maximum Gasteiger partial charge on any atom is 0.340 e. The molecule has 0 unspecified atom stereocenters. The minimum absolute atomic E-state index is 0.232. The Balaban J connectivity index is 1.48. The lowest BCUT2D eigenvalue weighted by Crippen LogP contribution is -2.20. The summed E-state index contributed by atoms with van der Waals surface area (Å²) < 4.78 is 6.51. The van der Waals surface area contributed by atoms with E-state index >= 15 is 0 Å². The fourth-order valence-corrected chi connectivity index (χ4v) is 4.83. The number of rotatable bonds is 6. The van der Waals surface area contributed by atoms with Gasteiger partial charge < -0.3 is 10.1 Å². The molecule has 2 aromatic heterocycles. The van der Waals surface area contributed by atoms with Gasteiger partial charge in [-0.1, -0.05) is 59.6 Å². The molecular formula is C22H17Cl2N5O2S2. The first-order valence-electron chi connectivity index (χ1n) is 9.62. The Bertz CT molecular complexity index is 1290. The zero-order chi connectivity index (χ0) is 23.4. The number of hydrogen-bond donors (Lipinski definition) is 2. The van der Waals surface area contributed by atoms with Gasteiger partial charge in [-0.05, 0) is 36.0 Å². The summed E-state index contributed by atoms with van der Waals surface area (Å²) in [6.45, 7) is 0.352. The summed E-state index contributed by atoms with van der Waals surface area (Å²) in [6, 6.07) is 16.8. The molecule has 168 valence electrons. The third-order valence-corrected chi connectivity index (χ3v) is 6.58. The lowest BCUT2D eigenvalue weighted by molar-refractivity contribution is 0.0602. The van der Waals surface area contributed by atoms with Gasteiger partial charge in [0.05, 0.1) is 19.2 Å². The molecule has 0 saturated heterocycles. The van der Waals surface area contributed by atoms with Crippen molar-refractivity contribution in [3.05, 3.63) is 82.1 Å². The molecule has 4 aromatic rings. The topological polar surface area (TPSA) is 81.1 Å². The van der Waals surface area contributed by atoms with Crippen LogP contribution in [0.25, 0.3) is 10.4 Å². The van der Waals surface area contributed by atoms with Crippen LogP contribution in [0.2, 0.25) is 10.0 Å². The number of carbonyl (C=O) groups excluding carboxylic acids is 1. The van der Waals surface area contributed by atoms with E-state index in [4.69, 9.17) is 40.2 Å². The van der Waals surface area contributed by atoms with Gasteiger partial charge >= 0.3 is 5.97 Å². The molecule has 0 radical (unpaired) electrons. The van der Waals surface area contributed by atoms with Crippen LogP contribution in [0.15, 0.2) is 60.9 Å². The third kappa shape index (κ3) is 5.51. The molecule has 0 saturated carbocycles. The smallest absolute Gasteiger partial charge is 0.340 e. The number of methoxy groups -OCH3 is 1. The fourth-order valence-electron chi connectivity index (χ4n) is 3.00. The number of thiocarbonyl (C=S) groups is 1. The van der Waals surface area contributed by atoms with E-state index in [-0.39, 0.29) is 11.1 Å². The SMILES string of the molecule is COC(=O)c1cc(-c2ccccc2)sc1NC(=S)Nc1ncn(Cc2c(Cl)cccc2Cl)n1. The number of benzene rings is 2. The van der Waals surface area contributed by atoms with E-state index in [9.17, 15) is 4.79 Å². The highest BCUT2D eigenvalue weighted by Crippen LogP contribution is 2.36. The van der Waals surface area contributed by atoms with Crippen LogP contribution in [0.5, 0.6) is 0 Å². The van der Waals surface area contributed by atoms with Gasteiger partial charge in [-0.15, -0.1) is 16.4 Å². The molecule has 2 aromatic carbocycles. The highest BCUT2D eigenvalue weighted by molar-refractivity contribution is 7.80. The van der Waals surface area contributed by atoms with Gasteiger partial charge in [0.25, 0.3) is 0 Å². The third-order valence-electron chi connectivity index (χ3n) is 4.57. The number of hydrogen-bond acceptors (Lipinski definition) is 6. The lowest BCUT2D eigenvalue weighted by Gasteiger charge is -2.08. The summed E-state index contributed by atoms with van der Waals surface area (Å²) in [5.41, 5.74) is 2.11. The molecule has 7 nitrogen and oxygen atoms in total. The van der Waals surface area contributed by atoms with Crippen molar-refractivity contribution in [1.29, 1.82) is 0 Å². The standard InChI is InChI=1S/C22H17Cl2N5O2S2/c1-31-20(30)14-10-18(13-6-3-2-4-7-13)33-19(14)26-22(32)27-21-25-12-29(28-21)11-15-16(23)8-5-9-17(15)24/h2-10,12H,11H2,1H3,(H2,26,27,28,32). The van der Waals surface area contributed by atoms with E-state index in [1.54, 1.807) is 35.3 Å². The molecule has 0 aliphatic heterocycles. The minimum Gasteiger partial charge on any atom is -0.465 e. The van der Waals surface area contributed by atoms with Crippen molar-refractivity contribution >= 4 is 68.8 Å². The molecule has 11 heteroatoms. The Labute approximate surface area is 209 Å². The highest BCUT2D eigenvalue weighted by Gasteiger charge is 2.19. The van der Waals surface area contributed by atoms with Crippen molar-refractivity contribution in [2.24, 2.45) is 0 Å². The second kappa shape index (κ2) is 10.3. The molecule has 4 rings (SSSR count). The summed E-state index contributed by atoms with van der Waals surface area (Å²) in [6.07, 6.45) is 1.54. The van der Waals surface area contributed by atoms with Crippen molar-refractivity contribution in [3.8, 4) is 10.4 Å². The number of carbonyl (C=O) groups is 1. The number of nitrogens with zero attached hydrogens (tertiary/aromatic N) is 3. The molecule has 0 aliphatic carbocycles. The van der Waals surface area contributed by atoms with Crippen LogP contribution in [0.1, 0.15) is 15.9 Å². The number of thiophene rings is 1. The van der Waals surface area contributed by atoms with Gasteiger partial charge in [-0.3, -0.25) is 5.32 Å². The van der Waals surface area contributed by atoms with Crippen molar-refractivity contribution < 1.29 is 9.53 Å². The molecule has 0 aliphatic rings. The quantitative estimate of drug-likeness (QED) is 0.241. The predicted octanol–water partition coefficient (Wildman–Crippen LogP) is 5.96. The Morgan fingerprint density at radius 1 is 1.12 bits per heavy atom. The number of ether oxygens (including phenoxy) is 1. The number of nitrogens with one attached hydrogen (secondary N) is 2. The number of aromatic nitrogens is 3. The molecule has 0 atom stereocenters. The van der Waals surface area contributed by atoms with E-state index in [1.807, 2.05) is 30.3 Å².